The van der Waals surface area contributed by atoms with Crippen molar-refractivity contribution in [1.82, 2.24) is 10.5 Å². The van der Waals surface area contributed by atoms with Crippen LogP contribution in [0.15, 0.2) is 28.8 Å². The fourth-order valence-electron chi connectivity index (χ4n) is 1.75. The van der Waals surface area contributed by atoms with Crippen LogP contribution in [-0.4, -0.2) is 29.8 Å². The smallest absolute Gasteiger partial charge is 0.273 e. The molecule has 6 nitrogen and oxygen atoms in total. The number of nitrogens with zero attached hydrogens (tertiary/aromatic N) is 1. The first-order chi connectivity index (χ1) is 10.5. The predicted molar refractivity (Wildman–Crippen MR) is 75.9 cm³/mol. The van der Waals surface area contributed by atoms with Gasteiger partial charge in [-0.1, -0.05) is 22.8 Å². The van der Waals surface area contributed by atoms with Crippen LogP contribution in [-0.2, 0) is 11.3 Å². The zero-order valence-electron chi connectivity index (χ0n) is 11.7. The average molecular weight is 329 g/mol. The second-order valence-electron chi connectivity index (χ2n) is 4.51. The number of carbonyl (C=O) groups is 1. The molecule has 0 radical (unpaired) electrons. The fraction of sp³-hybridized carbons (Fsp3) is 0.286. The highest BCUT2D eigenvalue weighted by molar-refractivity contribution is 6.30. The average Bonchev–Trinajstić information content (AvgIpc) is 2.96. The van der Waals surface area contributed by atoms with Crippen LogP contribution < -0.4 is 5.32 Å². The highest BCUT2D eigenvalue weighted by atomic mass is 35.5. The van der Waals surface area contributed by atoms with E-state index in [1.807, 2.05) is 0 Å². The Balaban J connectivity index is 1.93. The minimum Gasteiger partial charge on any atom is -0.387 e. The van der Waals surface area contributed by atoms with Crippen LogP contribution in [0.5, 0.6) is 0 Å². The van der Waals surface area contributed by atoms with Crippen molar-refractivity contribution in [2.45, 2.75) is 12.7 Å². The summed E-state index contributed by atoms with van der Waals surface area (Å²) in [6.45, 7) is 0.0966. The molecule has 0 saturated carbocycles. The number of carbonyl (C=O) groups excluding carboxylic acids is 1. The maximum atomic E-state index is 13.3. The van der Waals surface area contributed by atoms with Crippen molar-refractivity contribution < 1.29 is 23.6 Å². The van der Waals surface area contributed by atoms with Crippen molar-refractivity contribution in [3.05, 3.63) is 52.1 Å². The first-order valence-corrected chi connectivity index (χ1v) is 6.74. The third-order valence-corrected chi connectivity index (χ3v) is 3.17. The van der Waals surface area contributed by atoms with Gasteiger partial charge in [-0.25, -0.2) is 4.39 Å². The van der Waals surface area contributed by atoms with Crippen molar-refractivity contribution >= 4 is 17.5 Å². The highest BCUT2D eigenvalue weighted by Crippen LogP contribution is 2.20. The highest BCUT2D eigenvalue weighted by Gasteiger charge is 2.15. The summed E-state index contributed by atoms with van der Waals surface area (Å²) in [5.74, 6) is -0.738. The lowest BCUT2D eigenvalue weighted by Gasteiger charge is -2.12. The second-order valence-corrected chi connectivity index (χ2v) is 4.92. The molecule has 1 unspecified atom stereocenters. The molecule has 0 bridgehead atoms. The van der Waals surface area contributed by atoms with E-state index in [0.29, 0.717) is 11.3 Å². The Hall–Kier alpha value is -1.96. The van der Waals surface area contributed by atoms with Crippen molar-refractivity contribution in [3.8, 4) is 0 Å². The van der Waals surface area contributed by atoms with E-state index in [1.54, 1.807) is 0 Å². The number of halogens is 2. The Morgan fingerprint density at radius 2 is 2.32 bits per heavy atom. The monoisotopic (exact) mass is 328 g/mol. The van der Waals surface area contributed by atoms with Crippen LogP contribution in [0.25, 0.3) is 0 Å². The van der Waals surface area contributed by atoms with Crippen LogP contribution in [0.4, 0.5) is 4.39 Å². The summed E-state index contributed by atoms with van der Waals surface area (Å²) in [4.78, 5) is 11.8. The van der Waals surface area contributed by atoms with Gasteiger partial charge in [-0.15, -0.1) is 0 Å². The van der Waals surface area contributed by atoms with Gasteiger partial charge < -0.3 is 19.7 Å². The molecule has 1 aromatic carbocycles. The number of hydrogen-bond acceptors (Lipinski definition) is 5. The second kappa shape index (κ2) is 7.35. The summed E-state index contributed by atoms with van der Waals surface area (Å²) in [6.07, 6.45) is -1.07. The third kappa shape index (κ3) is 4.03. The third-order valence-electron chi connectivity index (χ3n) is 2.86. The zero-order chi connectivity index (χ0) is 16.1. The maximum absolute atomic E-state index is 13.3. The first kappa shape index (κ1) is 16.4. The van der Waals surface area contributed by atoms with E-state index < -0.39 is 17.8 Å². The number of hydrogen-bond donors (Lipinski definition) is 2. The molecule has 0 aliphatic rings. The summed E-state index contributed by atoms with van der Waals surface area (Å²) in [7, 11) is 1.49. The molecule has 0 fully saturated rings. The van der Waals surface area contributed by atoms with Gasteiger partial charge in [0.15, 0.2) is 11.5 Å². The van der Waals surface area contributed by atoms with Gasteiger partial charge in [-0.2, -0.15) is 0 Å². The van der Waals surface area contributed by atoms with Gasteiger partial charge in [0.25, 0.3) is 5.91 Å². The quantitative estimate of drug-likeness (QED) is 0.848. The van der Waals surface area contributed by atoms with Crippen molar-refractivity contribution in [2.24, 2.45) is 0 Å². The summed E-state index contributed by atoms with van der Waals surface area (Å²) in [6, 6.07) is 5.38. The Bertz CT molecular complexity index is 662. The normalized spacial score (nSPS) is 12.2. The molecular weight excluding hydrogens is 315 g/mol. The predicted octanol–water partition coefficient (Wildman–Crippen LogP) is 2.08. The molecule has 118 valence electrons. The maximum Gasteiger partial charge on any atom is 0.273 e. The Morgan fingerprint density at radius 3 is 3.00 bits per heavy atom. The fourth-order valence-corrected chi connectivity index (χ4v) is 1.87. The van der Waals surface area contributed by atoms with E-state index >= 15 is 0 Å². The number of amides is 1. The molecule has 0 aliphatic heterocycles. The van der Waals surface area contributed by atoms with Crippen LogP contribution in [0.2, 0.25) is 5.02 Å². The molecule has 1 heterocycles. The van der Waals surface area contributed by atoms with Gasteiger partial charge in [0.05, 0.1) is 11.1 Å². The van der Waals surface area contributed by atoms with Gasteiger partial charge >= 0.3 is 0 Å². The lowest BCUT2D eigenvalue weighted by molar-refractivity contribution is 0.0906. The zero-order valence-corrected chi connectivity index (χ0v) is 12.4. The van der Waals surface area contributed by atoms with E-state index in [-0.39, 0.29) is 23.9 Å². The lowest BCUT2D eigenvalue weighted by atomic mass is 10.1. The van der Waals surface area contributed by atoms with E-state index in [4.69, 9.17) is 20.9 Å². The molecule has 0 saturated heterocycles. The molecule has 0 spiro atoms. The molecule has 22 heavy (non-hydrogen) atoms. The minimum absolute atomic E-state index is 0.0340. The molecule has 1 amide bonds. The van der Waals surface area contributed by atoms with Gasteiger partial charge in [-0.3, -0.25) is 4.79 Å². The van der Waals surface area contributed by atoms with Gasteiger partial charge in [0, 0.05) is 19.7 Å². The van der Waals surface area contributed by atoms with Crippen molar-refractivity contribution in [2.75, 3.05) is 13.7 Å². The summed E-state index contributed by atoms with van der Waals surface area (Å²) >= 11 is 5.57. The van der Waals surface area contributed by atoms with Gasteiger partial charge in [0.1, 0.15) is 12.4 Å². The number of ether oxygens (including phenoxy) is 1. The molecule has 1 atom stereocenters. The SMILES string of the molecule is COCc1cc(C(=O)NCC(O)c2ccc(Cl)c(F)c2)no1. The Kier molecular flexibility index (Phi) is 5.48. The molecule has 2 N–H and O–H groups in total. The van der Waals surface area contributed by atoms with Crippen molar-refractivity contribution in [1.29, 1.82) is 0 Å². The van der Waals surface area contributed by atoms with E-state index in [9.17, 15) is 14.3 Å². The van der Waals surface area contributed by atoms with E-state index in [1.165, 1.54) is 25.3 Å². The number of methoxy groups -OCH3 is 1. The molecular formula is C14H14ClFN2O4. The van der Waals surface area contributed by atoms with Crippen molar-refractivity contribution in [3.63, 3.8) is 0 Å². The molecule has 2 rings (SSSR count). The van der Waals surface area contributed by atoms with Crippen LogP contribution in [0.3, 0.4) is 0 Å². The molecule has 1 aromatic heterocycles. The van der Waals surface area contributed by atoms with Gasteiger partial charge in [-0.05, 0) is 17.7 Å². The number of benzene rings is 1. The largest absolute Gasteiger partial charge is 0.387 e. The van der Waals surface area contributed by atoms with Crippen LogP contribution >= 0.6 is 11.6 Å². The van der Waals surface area contributed by atoms with E-state index in [2.05, 4.69) is 10.5 Å². The topological polar surface area (TPSA) is 84.6 Å². The molecule has 2 aromatic rings. The number of aliphatic hydroxyl groups excluding tert-OH is 1. The Labute approximate surface area is 130 Å². The first-order valence-electron chi connectivity index (χ1n) is 6.37. The number of aromatic nitrogens is 1. The standard InChI is InChI=1S/C14H14ClFN2O4/c1-21-7-9-5-12(18-22-9)14(20)17-6-13(19)8-2-3-10(15)11(16)4-8/h2-5,13,19H,6-7H2,1H3,(H,17,20). The minimum atomic E-state index is -1.07. The number of aliphatic hydroxyl groups is 1. The lowest BCUT2D eigenvalue weighted by Crippen LogP contribution is -2.28. The molecule has 0 aliphatic carbocycles. The Morgan fingerprint density at radius 1 is 1.55 bits per heavy atom. The summed E-state index contributed by atoms with van der Waals surface area (Å²) < 4.78 is 23.0. The summed E-state index contributed by atoms with van der Waals surface area (Å²) in [5, 5.41) is 16.0. The van der Waals surface area contributed by atoms with Gasteiger partial charge in [0.2, 0.25) is 0 Å². The van der Waals surface area contributed by atoms with E-state index in [0.717, 1.165) is 6.07 Å². The number of rotatable bonds is 6. The molecule has 8 heteroatoms. The van der Waals surface area contributed by atoms with Crippen LogP contribution in [0, 0.1) is 5.82 Å². The summed E-state index contributed by atoms with van der Waals surface area (Å²) in [5.41, 5.74) is 0.379. The number of nitrogens with one attached hydrogen (secondary N) is 1. The van der Waals surface area contributed by atoms with Crippen LogP contribution in [0.1, 0.15) is 27.9 Å².